The van der Waals surface area contributed by atoms with Crippen LogP contribution in [-0.2, 0) is 9.84 Å². The maximum Gasteiger partial charge on any atom is 0.227 e. The van der Waals surface area contributed by atoms with E-state index in [-0.39, 0.29) is 23.7 Å². The van der Waals surface area contributed by atoms with E-state index in [9.17, 15) is 8.42 Å². The lowest BCUT2D eigenvalue weighted by molar-refractivity contribution is 0.242. The summed E-state index contributed by atoms with van der Waals surface area (Å²) < 4.78 is 29.2. The Labute approximate surface area is 160 Å². The van der Waals surface area contributed by atoms with Gasteiger partial charge in [0.2, 0.25) is 5.95 Å². The van der Waals surface area contributed by atoms with Gasteiger partial charge in [-0.3, -0.25) is 0 Å². The Morgan fingerprint density at radius 3 is 2.52 bits per heavy atom. The predicted molar refractivity (Wildman–Crippen MR) is 108 cm³/mol. The predicted octanol–water partition coefficient (Wildman–Crippen LogP) is 2.94. The molecule has 1 aliphatic rings. The van der Waals surface area contributed by atoms with Crippen molar-refractivity contribution in [1.82, 2.24) is 9.97 Å². The summed E-state index contributed by atoms with van der Waals surface area (Å²) in [5.41, 5.74) is 1.70. The Hall–Kier alpha value is -2.35. The van der Waals surface area contributed by atoms with Gasteiger partial charge in [0.05, 0.1) is 17.6 Å². The summed E-state index contributed by atoms with van der Waals surface area (Å²) in [6.07, 6.45) is 0.738. The number of ether oxygens (including phenoxy) is 1. The summed E-state index contributed by atoms with van der Waals surface area (Å²) in [6.45, 7) is 5.88. The van der Waals surface area contributed by atoms with Crippen molar-refractivity contribution in [3.8, 4) is 5.75 Å². The van der Waals surface area contributed by atoms with E-state index in [0.29, 0.717) is 18.2 Å². The average molecular weight is 391 g/mol. The molecule has 1 unspecified atom stereocenters. The molecule has 1 saturated heterocycles. The van der Waals surface area contributed by atoms with Crippen LogP contribution in [0.1, 0.15) is 26.0 Å². The quantitative estimate of drug-likeness (QED) is 0.812. The zero-order valence-corrected chi connectivity index (χ0v) is 17.0. The molecule has 2 aromatic rings. The average Bonchev–Trinajstić information content (AvgIpc) is 2.95. The second kappa shape index (κ2) is 7.72. The molecule has 2 heterocycles. The third-order valence-corrected chi connectivity index (χ3v) is 6.16. The minimum absolute atomic E-state index is 0.0860. The van der Waals surface area contributed by atoms with Crippen LogP contribution in [-0.4, -0.2) is 49.1 Å². The highest BCUT2D eigenvalue weighted by Gasteiger charge is 2.31. The van der Waals surface area contributed by atoms with Crippen LogP contribution >= 0.6 is 0 Å². The molecule has 8 heteroatoms. The maximum absolute atomic E-state index is 11.8. The molecule has 0 aliphatic carbocycles. The van der Waals surface area contributed by atoms with Gasteiger partial charge in [-0.05, 0) is 51.5 Å². The van der Waals surface area contributed by atoms with Gasteiger partial charge in [0.1, 0.15) is 11.6 Å². The Morgan fingerprint density at radius 1 is 1.22 bits per heavy atom. The molecular formula is C19H26N4O3S. The van der Waals surface area contributed by atoms with Crippen molar-refractivity contribution in [3.63, 3.8) is 0 Å². The normalized spacial score (nSPS) is 18.5. The molecule has 1 atom stereocenters. The Morgan fingerprint density at radius 2 is 1.93 bits per heavy atom. The van der Waals surface area contributed by atoms with E-state index in [2.05, 4.69) is 15.3 Å². The maximum atomic E-state index is 11.8. The van der Waals surface area contributed by atoms with Gasteiger partial charge in [-0.2, -0.15) is 4.98 Å². The molecular weight excluding hydrogens is 364 g/mol. The summed E-state index contributed by atoms with van der Waals surface area (Å²) in [5, 5.41) is 3.28. The van der Waals surface area contributed by atoms with Gasteiger partial charge in [0.25, 0.3) is 0 Å². The van der Waals surface area contributed by atoms with Crippen molar-refractivity contribution in [2.45, 2.75) is 39.3 Å². The molecule has 7 nitrogen and oxygen atoms in total. The largest absolute Gasteiger partial charge is 0.491 e. The molecule has 1 aromatic carbocycles. The standard InChI is InChI=1S/C19H26N4O3S/c1-13(2)26-17-7-5-15(6-8-17)21-18-11-14(3)20-19(22-18)23(4)16-9-10-27(24,25)12-16/h5-8,11,13,16H,9-10,12H2,1-4H3,(H,20,21,22). The number of rotatable bonds is 6. The first-order valence-corrected chi connectivity index (χ1v) is 10.9. The second-order valence-electron chi connectivity index (χ2n) is 7.18. The number of benzene rings is 1. The molecule has 0 saturated carbocycles. The lowest BCUT2D eigenvalue weighted by atomic mass is 10.2. The van der Waals surface area contributed by atoms with E-state index >= 15 is 0 Å². The monoisotopic (exact) mass is 390 g/mol. The third kappa shape index (κ3) is 5.09. The van der Waals surface area contributed by atoms with E-state index in [4.69, 9.17) is 4.74 Å². The van der Waals surface area contributed by atoms with E-state index in [1.165, 1.54) is 0 Å². The molecule has 0 radical (unpaired) electrons. The molecule has 1 aromatic heterocycles. The highest BCUT2D eigenvalue weighted by molar-refractivity contribution is 7.91. The number of aryl methyl sites for hydroxylation is 1. The highest BCUT2D eigenvalue weighted by Crippen LogP contribution is 2.24. The Bertz CT molecular complexity index is 898. The van der Waals surface area contributed by atoms with Gasteiger partial charge >= 0.3 is 0 Å². The molecule has 146 valence electrons. The van der Waals surface area contributed by atoms with Crippen LogP contribution in [0.2, 0.25) is 0 Å². The topological polar surface area (TPSA) is 84.4 Å². The summed E-state index contributed by atoms with van der Waals surface area (Å²) in [5.74, 6) is 2.39. The van der Waals surface area contributed by atoms with Crippen LogP contribution in [0, 0.1) is 6.92 Å². The van der Waals surface area contributed by atoms with Crippen LogP contribution in [0.4, 0.5) is 17.5 Å². The number of sulfone groups is 1. The first-order chi connectivity index (χ1) is 12.7. The van der Waals surface area contributed by atoms with Gasteiger partial charge < -0.3 is 15.0 Å². The number of hydrogen-bond acceptors (Lipinski definition) is 7. The van der Waals surface area contributed by atoms with Crippen LogP contribution < -0.4 is 15.0 Å². The number of nitrogens with one attached hydrogen (secondary N) is 1. The van der Waals surface area contributed by atoms with Crippen molar-refractivity contribution in [2.75, 3.05) is 28.8 Å². The summed E-state index contributed by atoms with van der Waals surface area (Å²) >= 11 is 0. The van der Waals surface area contributed by atoms with Gasteiger partial charge in [-0.25, -0.2) is 13.4 Å². The van der Waals surface area contributed by atoms with E-state index in [1.807, 2.05) is 63.1 Å². The molecule has 1 N–H and O–H groups in total. The SMILES string of the molecule is Cc1cc(Nc2ccc(OC(C)C)cc2)nc(N(C)C2CCS(=O)(=O)C2)n1. The number of anilines is 3. The van der Waals surface area contributed by atoms with Crippen molar-refractivity contribution in [2.24, 2.45) is 0 Å². The van der Waals surface area contributed by atoms with Crippen molar-refractivity contribution in [1.29, 1.82) is 0 Å². The Balaban J connectivity index is 1.75. The fraction of sp³-hybridized carbons (Fsp3) is 0.474. The highest BCUT2D eigenvalue weighted by atomic mass is 32.2. The third-order valence-electron chi connectivity index (χ3n) is 4.41. The summed E-state index contributed by atoms with van der Waals surface area (Å²) in [4.78, 5) is 10.9. The van der Waals surface area contributed by atoms with Gasteiger partial charge in [-0.1, -0.05) is 0 Å². The molecule has 27 heavy (non-hydrogen) atoms. The fourth-order valence-corrected chi connectivity index (χ4v) is 4.83. The van der Waals surface area contributed by atoms with Crippen LogP contribution in [0.25, 0.3) is 0 Å². The molecule has 1 aliphatic heterocycles. The fourth-order valence-electron chi connectivity index (χ4n) is 3.06. The summed E-state index contributed by atoms with van der Waals surface area (Å²) in [6, 6.07) is 9.46. The minimum atomic E-state index is -2.95. The summed E-state index contributed by atoms with van der Waals surface area (Å²) in [7, 11) is -1.11. The van der Waals surface area contributed by atoms with Crippen molar-refractivity contribution in [3.05, 3.63) is 36.0 Å². The first-order valence-electron chi connectivity index (χ1n) is 9.04. The minimum Gasteiger partial charge on any atom is -0.491 e. The van der Waals surface area contributed by atoms with Crippen LogP contribution in [0.5, 0.6) is 5.75 Å². The van der Waals surface area contributed by atoms with Gasteiger partial charge in [-0.15, -0.1) is 0 Å². The molecule has 0 bridgehead atoms. The molecule has 1 fully saturated rings. The molecule has 0 amide bonds. The number of nitrogens with zero attached hydrogens (tertiary/aromatic N) is 3. The van der Waals surface area contributed by atoms with E-state index in [0.717, 1.165) is 17.1 Å². The van der Waals surface area contributed by atoms with Gasteiger partial charge in [0.15, 0.2) is 9.84 Å². The van der Waals surface area contributed by atoms with Gasteiger partial charge in [0, 0.05) is 30.5 Å². The van der Waals surface area contributed by atoms with Crippen LogP contribution in [0.15, 0.2) is 30.3 Å². The first kappa shape index (κ1) is 19.4. The molecule has 3 rings (SSSR count). The Kier molecular flexibility index (Phi) is 5.55. The lowest BCUT2D eigenvalue weighted by Crippen LogP contribution is -2.34. The zero-order chi connectivity index (χ0) is 19.6. The van der Waals surface area contributed by atoms with Crippen LogP contribution in [0.3, 0.4) is 0 Å². The number of aromatic nitrogens is 2. The van der Waals surface area contributed by atoms with Crippen molar-refractivity contribution < 1.29 is 13.2 Å². The van der Waals surface area contributed by atoms with E-state index < -0.39 is 9.84 Å². The van der Waals surface area contributed by atoms with E-state index in [1.54, 1.807) is 0 Å². The smallest absolute Gasteiger partial charge is 0.227 e. The zero-order valence-electron chi connectivity index (χ0n) is 16.1. The lowest BCUT2D eigenvalue weighted by Gasteiger charge is -2.24. The number of hydrogen-bond donors (Lipinski definition) is 1. The van der Waals surface area contributed by atoms with Crippen molar-refractivity contribution >= 4 is 27.3 Å². The second-order valence-corrected chi connectivity index (χ2v) is 9.41. The molecule has 0 spiro atoms.